The van der Waals surface area contributed by atoms with E-state index in [9.17, 15) is 20.1 Å². The van der Waals surface area contributed by atoms with Crippen LogP contribution in [0.25, 0.3) is 17.2 Å². The predicted molar refractivity (Wildman–Crippen MR) is 357 cm³/mol. The molecule has 5 saturated carbocycles. The summed E-state index contributed by atoms with van der Waals surface area (Å²) in [6.07, 6.45) is 37.8. The molecule has 0 unspecified atom stereocenters. The minimum atomic E-state index is -0.726. The third kappa shape index (κ3) is 9.34. The van der Waals surface area contributed by atoms with Gasteiger partial charge in [-0.1, -0.05) is 192 Å². The third-order valence-electron chi connectivity index (χ3n) is 27.8. The molecule has 0 saturated heterocycles. The molecule has 5 N–H and O–H groups in total. The fourth-order valence-electron chi connectivity index (χ4n) is 24.4. The summed E-state index contributed by atoms with van der Waals surface area (Å²) in [6, 6.07) is 30.1. The molecule has 466 valence electrons. The number of dihydropyridines is 1. The number of aliphatic hydroxyl groups is 2. The van der Waals surface area contributed by atoms with Gasteiger partial charge in [-0.25, -0.2) is 0 Å². The summed E-state index contributed by atoms with van der Waals surface area (Å²) in [5, 5.41) is 49.1. The molecule has 16 aliphatic rings. The Balaban J connectivity index is 0.940. The van der Waals surface area contributed by atoms with Crippen molar-refractivity contribution in [3.05, 3.63) is 171 Å². The van der Waals surface area contributed by atoms with E-state index in [1.165, 1.54) is 114 Å². The van der Waals surface area contributed by atoms with Gasteiger partial charge in [0, 0.05) is 46.6 Å². The van der Waals surface area contributed by atoms with Gasteiger partial charge >= 0.3 is 5.97 Å². The normalized spacial score (nSPS) is 39.6. The fraction of sp³-hybridized carbons (Fsp3) is 0.598. The number of carboxylic acids is 1. The van der Waals surface area contributed by atoms with E-state index < -0.39 is 29.5 Å². The highest BCUT2D eigenvalue weighted by atomic mass is 16.4. The van der Waals surface area contributed by atoms with Crippen LogP contribution in [0.2, 0.25) is 0 Å². The number of benzene rings is 3. The third-order valence-corrected chi connectivity index (χ3v) is 27.8. The van der Waals surface area contributed by atoms with Crippen LogP contribution in [0, 0.1) is 92.2 Å². The highest BCUT2D eigenvalue weighted by Crippen LogP contribution is 2.83. The average Bonchev–Trinajstić information content (AvgIpc) is 0.955. The van der Waals surface area contributed by atoms with Crippen molar-refractivity contribution >= 4 is 23.2 Å². The largest absolute Gasteiger partial charge is 0.481 e. The molecule has 10 aliphatic carbocycles. The van der Waals surface area contributed by atoms with Gasteiger partial charge in [0.15, 0.2) is 0 Å². The molecule has 14 bridgehead atoms. The van der Waals surface area contributed by atoms with E-state index in [0.29, 0.717) is 60.7 Å². The molecule has 6 nitrogen and oxygen atoms in total. The number of carbonyl (C=O) groups is 1. The highest BCUT2D eigenvalue weighted by Gasteiger charge is 2.77. The predicted octanol–water partition coefficient (Wildman–Crippen LogP) is 15.9. The molecule has 0 aromatic heterocycles. The van der Waals surface area contributed by atoms with E-state index in [0.717, 1.165) is 96.0 Å². The van der Waals surface area contributed by atoms with Crippen LogP contribution in [-0.4, -0.2) is 46.6 Å². The van der Waals surface area contributed by atoms with Crippen molar-refractivity contribution in [2.24, 2.45) is 92.2 Å². The second-order valence-electron chi connectivity index (χ2n) is 32.3. The van der Waals surface area contributed by atoms with Crippen LogP contribution < -0.4 is 21.1 Å². The quantitative estimate of drug-likeness (QED) is 0.151. The van der Waals surface area contributed by atoms with E-state index >= 15 is 0 Å². The number of fused-ring (bicyclic) bond motifs is 2. The number of aliphatic carboxylic acids is 1. The summed E-state index contributed by atoms with van der Waals surface area (Å²) in [5.74, 6) is 3.35. The topological polar surface area (TPSA) is 102 Å². The molecule has 3 aromatic carbocycles. The molecule has 0 radical (unpaired) electrons. The van der Waals surface area contributed by atoms with Gasteiger partial charge in [-0.2, -0.15) is 0 Å². The Labute approximate surface area is 527 Å². The number of carboxylic acid groups (broad SMARTS) is 1. The first kappa shape index (κ1) is 59.2. The van der Waals surface area contributed by atoms with Crippen molar-refractivity contribution in [1.82, 2.24) is 10.6 Å². The van der Waals surface area contributed by atoms with Gasteiger partial charge < -0.3 is 26.0 Å². The van der Waals surface area contributed by atoms with Crippen LogP contribution in [-0.2, 0) is 17.6 Å². The fourth-order valence-corrected chi connectivity index (χ4v) is 24.4. The second kappa shape index (κ2) is 22.9. The summed E-state index contributed by atoms with van der Waals surface area (Å²) in [5.41, 5.74) is 12.8. The number of nitrogens with one attached hydrogen (secondary N) is 2. The lowest BCUT2D eigenvalue weighted by Crippen LogP contribution is -2.69. The molecular formula is C82H104N2O4. The van der Waals surface area contributed by atoms with E-state index in [2.05, 4.69) is 148 Å². The van der Waals surface area contributed by atoms with Gasteiger partial charge in [0.05, 0.1) is 23.9 Å². The second-order valence-corrected chi connectivity index (χ2v) is 32.3. The Bertz CT molecular complexity index is 3520. The lowest BCUT2D eigenvalue weighted by molar-refractivity contribution is -0.169. The van der Waals surface area contributed by atoms with Gasteiger partial charge in [0.25, 0.3) is 0 Å². The molecule has 2 spiro atoms. The summed E-state index contributed by atoms with van der Waals surface area (Å²) in [7, 11) is 0. The van der Waals surface area contributed by atoms with Crippen molar-refractivity contribution in [2.45, 2.75) is 200 Å². The van der Waals surface area contributed by atoms with Gasteiger partial charge in [0.1, 0.15) is 0 Å². The first-order chi connectivity index (χ1) is 42.6. The van der Waals surface area contributed by atoms with Crippen LogP contribution in [0.5, 0.6) is 0 Å². The molecule has 6 heteroatoms. The van der Waals surface area contributed by atoms with Gasteiger partial charge in [0.2, 0.25) is 0 Å². The number of allylic oxidation sites excluding steroid dienone is 9. The lowest BCUT2D eigenvalue weighted by atomic mass is 9.29. The van der Waals surface area contributed by atoms with Crippen molar-refractivity contribution in [1.29, 1.82) is 0 Å². The zero-order chi connectivity index (χ0) is 60.3. The van der Waals surface area contributed by atoms with Crippen molar-refractivity contribution in [3.63, 3.8) is 0 Å². The van der Waals surface area contributed by atoms with E-state index in [4.69, 9.17) is 6.58 Å². The van der Waals surface area contributed by atoms with Crippen molar-refractivity contribution in [3.8, 4) is 0 Å². The first-order valence-corrected chi connectivity index (χ1v) is 35.9. The first-order valence-electron chi connectivity index (χ1n) is 35.9. The van der Waals surface area contributed by atoms with E-state index in [1.807, 2.05) is 0 Å². The standard InChI is InChI=1S/C82H104N2O4/c1-51(2)41-61-34-37-78(4)73(86)36-39-81-69-35-38-79(5)75-66(76(87)88)31-28-52(3)63(55-20-10-7-11-21-55)27-16-40-83-74-33-29-60(50-84-74)56-23-14-19-54(43-56)44-67-65-26-13-12-22-59(65)46-70(81)68(67)47-80(61,77(78)81)48-71(69)82(79,49-72(75)85)62-30-32-64-57(24-15-25-58(64)45-62)42-53-17-8-6-9-18-53/h6,8-9,12-14,17-19,22-23,26,29,33-34,43,46-47,51,55,57-58,62-64,66,70,72-73,75,77,83-86H,3,7,10-11,15-16,20-21,24-25,27-28,30-32,35-42,44-45,48-50H2,1-2,4-5H3,(H,87,88)/t57-,58+,62-,63-,64+,66-,70+,72-,73+,75+,77-,78-,79-,80-,81-,82-/m1/s1. The zero-order valence-electron chi connectivity index (χ0n) is 53.9. The maximum absolute atomic E-state index is 14.7. The van der Waals surface area contributed by atoms with E-state index in [-0.39, 0.29) is 39.4 Å². The SMILES string of the molecule is C=C1CC[C@@H](C(=O)O)[C@H]2[C@H](O)C[C@@]3([C@@H]4CC[C@H]5[C@@H](Cc6ccccc6)CCC[C@H]5C4)C4=C(CC[C@]23C)[C@]23CC[C@H](O)[C@@]5(C)CC=C(CC(C)C)[C@@](C=C6C(=c7ccccc7=C[C@@H]62)Cc2cccc(c2)C2=CC=C(NCCC[C@H]1C1CCCCC1)NC2)(C4)[C@@H]53. The lowest BCUT2D eigenvalue weighted by Gasteiger charge is -2.74. The molecule has 19 rings (SSSR count). The Hall–Kier alpha value is -5.17. The number of aliphatic hydroxyl groups excluding tert-OH is 2. The summed E-state index contributed by atoms with van der Waals surface area (Å²) in [4.78, 5) is 14.7. The maximum atomic E-state index is 14.7. The highest BCUT2D eigenvalue weighted by molar-refractivity contribution is 5.78. The monoisotopic (exact) mass is 1180 g/mol. The minimum absolute atomic E-state index is 0.111. The molecule has 16 atom stereocenters. The minimum Gasteiger partial charge on any atom is -0.481 e. The zero-order valence-corrected chi connectivity index (χ0v) is 53.9. The van der Waals surface area contributed by atoms with Crippen LogP contribution in [0.1, 0.15) is 192 Å². The average molecular weight is 1180 g/mol. The maximum Gasteiger partial charge on any atom is 0.306 e. The summed E-state index contributed by atoms with van der Waals surface area (Å²) >= 11 is 0. The van der Waals surface area contributed by atoms with Crippen molar-refractivity contribution in [2.75, 3.05) is 13.1 Å². The Morgan fingerprint density at radius 3 is 2.42 bits per heavy atom. The molecule has 6 aliphatic heterocycles. The molecule has 88 heavy (non-hydrogen) atoms. The molecule has 3 aromatic rings. The van der Waals surface area contributed by atoms with Crippen LogP contribution in [0.3, 0.4) is 0 Å². The Morgan fingerprint density at radius 2 is 1.61 bits per heavy atom. The van der Waals surface area contributed by atoms with Gasteiger partial charge in [-0.15, -0.1) is 0 Å². The Morgan fingerprint density at radius 1 is 0.795 bits per heavy atom. The molecule has 0 amide bonds. The van der Waals surface area contributed by atoms with Gasteiger partial charge in [-0.3, -0.25) is 4.79 Å². The molecule has 6 heterocycles. The van der Waals surface area contributed by atoms with Crippen LogP contribution >= 0.6 is 0 Å². The number of hydrogen-bond acceptors (Lipinski definition) is 5. The number of hydrogen-bond donors (Lipinski definition) is 5. The summed E-state index contributed by atoms with van der Waals surface area (Å²) < 4.78 is 0. The van der Waals surface area contributed by atoms with E-state index in [1.54, 1.807) is 16.7 Å². The van der Waals surface area contributed by atoms with Crippen molar-refractivity contribution < 1.29 is 20.1 Å². The van der Waals surface area contributed by atoms with Crippen LogP contribution in [0.4, 0.5) is 0 Å². The van der Waals surface area contributed by atoms with Gasteiger partial charge in [-0.05, 0) is 231 Å². The molecular weight excluding hydrogens is 1080 g/mol. The summed E-state index contributed by atoms with van der Waals surface area (Å²) in [6.45, 7) is 16.6. The molecule has 5 fully saturated rings. The van der Waals surface area contributed by atoms with Crippen LogP contribution in [0.15, 0.2) is 143 Å². The Kier molecular flexibility index (Phi) is 15.4. The number of rotatable bonds is 7. The smallest absolute Gasteiger partial charge is 0.306 e.